The summed E-state index contributed by atoms with van der Waals surface area (Å²) < 4.78 is 0. The van der Waals surface area contributed by atoms with Gasteiger partial charge in [0.05, 0.1) is 16.1 Å². The molecule has 1 saturated carbocycles. The first-order valence-electron chi connectivity index (χ1n) is 5.82. The summed E-state index contributed by atoms with van der Waals surface area (Å²) in [6.07, 6.45) is 5.06. The van der Waals surface area contributed by atoms with Gasteiger partial charge in [-0.2, -0.15) is 0 Å². The maximum Gasteiger partial charge on any atom is 0.0628 e. The maximum atomic E-state index is 10.1. The second kappa shape index (κ2) is 5.39. The molecule has 0 radical (unpaired) electrons. The van der Waals surface area contributed by atoms with Crippen LogP contribution in [-0.2, 0) is 0 Å². The predicted molar refractivity (Wildman–Crippen MR) is 68.3 cm³/mol. The normalized spacial score (nSPS) is 26.4. The Hall–Kier alpha value is -0.240. The average molecular weight is 259 g/mol. The maximum absolute atomic E-state index is 10.1. The quantitative estimate of drug-likeness (QED) is 0.741. The molecule has 0 spiro atoms. The number of hydrogen-bond acceptors (Lipinski definition) is 1. The van der Waals surface area contributed by atoms with Crippen LogP contribution in [0, 0.1) is 0 Å². The highest BCUT2D eigenvalue weighted by molar-refractivity contribution is 6.42. The lowest BCUT2D eigenvalue weighted by Gasteiger charge is -2.22. The summed E-state index contributed by atoms with van der Waals surface area (Å²) >= 11 is 12.2. The Kier molecular flexibility index (Phi) is 4.12. The molecule has 16 heavy (non-hydrogen) atoms. The van der Waals surface area contributed by atoms with Crippen LogP contribution in [0.15, 0.2) is 18.2 Å². The third kappa shape index (κ3) is 2.53. The van der Waals surface area contributed by atoms with Gasteiger partial charge in [0.15, 0.2) is 0 Å². The molecule has 0 aliphatic heterocycles. The van der Waals surface area contributed by atoms with E-state index < -0.39 is 0 Å². The van der Waals surface area contributed by atoms with Crippen LogP contribution in [0.2, 0.25) is 10.0 Å². The van der Waals surface area contributed by atoms with Crippen LogP contribution in [0.3, 0.4) is 0 Å². The second-order valence-corrected chi connectivity index (χ2v) is 5.24. The zero-order valence-corrected chi connectivity index (χ0v) is 10.6. The largest absolute Gasteiger partial charge is 0.392 e. The molecule has 88 valence electrons. The third-order valence-corrected chi connectivity index (χ3v) is 4.19. The lowest BCUT2D eigenvalue weighted by atomic mass is 9.89. The van der Waals surface area contributed by atoms with Gasteiger partial charge in [-0.25, -0.2) is 0 Å². The average Bonchev–Trinajstić information content (AvgIpc) is 2.47. The van der Waals surface area contributed by atoms with E-state index >= 15 is 0 Å². The summed E-state index contributed by atoms with van der Waals surface area (Å²) in [5.74, 6) is 0.147. The number of halogens is 2. The summed E-state index contributed by atoms with van der Waals surface area (Å²) in [5.41, 5.74) is 1.00. The van der Waals surface area contributed by atoms with Crippen LogP contribution in [0.25, 0.3) is 0 Å². The van der Waals surface area contributed by atoms with Crippen molar-refractivity contribution in [1.29, 1.82) is 0 Å². The number of hydrogen-bond donors (Lipinski definition) is 1. The predicted octanol–water partition coefficient (Wildman–Crippen LogP) is 4.40. The van der Waals surface area contributed by atoms with Crippen molar-refractivity contribution in [1.82, 2.24) is 0 Å². The lowest BCUT2D eigenvalue weighted by Crippen LogP contribution is -2.17. The van der Waals surface area contributed by atoms with Crippen LogP contribution in [-0.4, -0.2) is 11.2 Å². The fourth-order valence-electron chi connectivity index (χ4n) is 2.46. The van der Waals surface area contributed by atoms with E-state index in [1.54, 1.807) is 6.07 Å². The topological polar surface area (TPSA) is 20.2 Å². The lowest BCUT2D eigenvalue weighted by molar-refractivity contribution is 0.135. The molecule has 0 heterocycles. The molecule has 1 aromatic carbocycles. The van der Waals surface area contributed by atoms with Gasteiger partial charge in [0, 0.05) is 5.92 Å². The Bertz CT molecular complexity index is 365. The van der Waals surface area contributed by atoms with Crippen molar-refractivity contribution in [2.75, 3.05) is 0 Å². The van der Waals surface area contributed by atoms with Crippen LogP contribution >= 0.6 is 23.2 Å². The Balaban J connectivity index is 2.30. The molecular weight excluding hydrogens is 243 g/mol. The monoisotopic (exact) mass is 258 g/mol. The van der Waals surface area contributed by atoms with Crippen LogP contribution in [0.4, 0.5) is 0 Å². The van der Waals surface area contributed by atoms with Gasteiger partial charge in [0.1, 0.15) is 0 Å². The zero-order valence-electron chi connectivity index (χ0n) is 9.13. The first-order chi connectivity index (χ1) is 7.70. The van der Waals surface area contributed by atoms with Crippen molar-refractivity contribution >= 4 is 23.2 Å². The minimum atomic E-state index is -0.279. The molecule has 2 unspecified atom stereocenters. The fourth-order valence-corrected chi connectivity index (χ4v) is 2.91. The summed E-state index contributed by atoms with van der Waals surface area (Å²) in [5, 5.41) is 11.3. The SMILES string of the molecule is OC1CCCCCC1c1cccc(Cl)c1Cl. The van der Waals surface area contributed by atoms with E-state index in [-0.39, 0.29) is 12.0 Å². The van der Waals surface area contributed by atoms with Gasteiger partial charge in [0.2, 0.25) is 0 Å². The van der Waals surface area contributed by atoms with Crippen molar-refractivity contribution in [2.45, 2.75) is 44.1 Å². The fraction of sp³-hybridized carbons (Fsp3) is 0.538. The van der Waals surface area contributed by atoms with E-state index in [0.717, 1.165) is 31.2 Å². The summed E-state index contributed by atoms with van der Waals surface area (Å²) in [6, 6.07) is 5.67. The van der Waals surface area contributed by atoms with Crippen molar-refractivity contribution in [2.24, 2.45) is 0 Å². The molecule has 0 bridgehead atoms. The Labute approximate surface area is 106 Å². The molecule has 0 saturated heterocycles. The molecule has 2 rings (SSSR count). The van der Waals surface area contributed by atoms with Gasteiger partial charge >= 0.3 is 0 Å². The molecule has 1 aliphatic carbocycles. The van der Waals surface area contributed by atoms with Crippen LogP contribution < -0.4 is 0 Å². The minimum Gasteiger partial charge on any atom is -0.392 e. The molecule has 1 fully saturated rings. The first-order valence-corrected chi connectivity index (χ1v) is 6.57. The van der Waals surface area contributed by atoms with E-state index in [2.05, 4.69) is 0 Å². The Morgan fingerprint density at radius 1 is 1.06 bits per heavy atom. The van der Waals surface area contributed by atoms with Gasteiger partial charge in [-0.3, -0.25) is 0 Å². The highest BCUT2D eigenvalue weighted by Crippen LogP contribution is 2.38. The van der Waals surface area contributed by atoms with Gasteiger partial charge < -0.3 is 5.11 Å². The molecule has 3 heteroatoms. The molecule has 1 nitrogen and oxygen atoms in total. The van der Waals surface area contributed by atoms with Gasteiger partial charge in [-0.1, -0.05) is 54.6 Å². The summed E-state index contributed by atoms with van der Waals surface area (Å²) in [7, 11) is 0. The van der Waals surface area contributed by atoms with E-state index in [1.807, 2.05) is 12.1 Å². The standard InChI is InChI=1S/C13H16Cl2O/c14-11-7-4-6-10(13(11)15)9-5-2-1-3-8-12(9)16/h4,6-7,9,12,16H,1-3,5,8H2. The number of aliphatic hydroxyl groups is 1. The van der Waals surface area contributed by atoms with Gasteiger partial charge in [-0.15, -0.1) is 0 Å². The first kappa shape index (κ1) is 12.2. The highest BCUT2D eigenvalue weighted by Gasteiger charge is 2.25. The summed E-state index contributed by atoms with van der Waals surface area (Å²) in [4.78, 5) is 0. The van der Waals surface area contributed by atoms with Crippen molar-refractivity contribution < 1.29 is 5.11 Å². The molecular formula is C13H16Cl2O. The van der Waals surface area contributed by atoms with Crippen molar-refractivity contribution in [3.63, 3.8) is 0 Å². The molecule has 0 amide bonds. The van der Waals surface area contributed by atoms with E-state index in [4.69, 9.17) is 23.2 Å². The number of rotatable bonds is 1. The van der Waals surface area contributed by atoms with Crippen molar-refractivity contribution in [3.05, 3.63) is 33.8 Å². The van der Waals surface area contributed by atoms with Crippen LogP contribution in [0.1, 0.15) is 43.6 Å². The van der Waals surface area contributed by atoms with Gasteiger partial charge in [0.25, 0.3) is 0 Å². The number of aliphatic hydroxyl groups excluding tert-OH is 1. The highest BCUT2D eigenvalue weighted by atomic mass is 35.5. The van der Waals surface area contributed by atoms with E-state index in [0.29, 0.717) is 10.0 Å². The van der Waals surface area contributed by atoms with Crippen molar-refractivity contribution in [3.8, 4) is 0 Å². The molecule has 1 aromatic rings. The molecule has 0 aromatic heterocycles. The zero-order chi connectivity index (χ0) is 11.5. The molecule has 2 atom stereocenters. The number of benzene rings is 1. The minimum absolute atomic E-state index is 0.147. The van der Waals surface area contributed by atoms with E-state index in [1.165, 1.54) is 6.42 Å². The summed E-state index contributed by atoms with van der Waals surface area (Å²) in [6.45, 7) is 0. The van der Waals surface area contributed by atoms with Gasteiger partial charge in [-0.05, 0) is 24.5 Å². The molecule has 1 aliphatic rings. The van der Waals surface area contributed by atoms with Crippen LogP contribution in [0.5, 0.6) is 0 Å². The van der Waals surface area contributed by atoms with E-state index in [9.17, 15) is 5.11 Å². The Morgan fingerprint density at radius 3 is 2.62 bits per heavy atom. The third-order valence-electron chi connectivity index (χ3n) is 3.36. The smallest absolute Gasteiger partial charge is 0.0628 e. The second-order valence-electron chi connectivity index (χ2n) is 4.45. The molecule has 1 N–H and O–H groups in total. The Morgan fingerprint density at radius 2 is 1.81 bits per heavy atom.